The molecule has 3 rings (SSSR count). The highest BCUT2D eigenvalue weighted by atomic mass is 19.4. The van der Waals surface area contributed by atoms with Crippen LogP contribution in [0.1, 0.15) is 24.1 Å². The van der Waals surface area contributed by atoms with Gasteiger partial charge in [0.15, 0.2) is 0 Å². The molecule has 0 radical (unpaired) electrons. The molecule has 2 fully saturated rings. The molecule has 0 aromatic carbocycles. The quantitative estimate of drug-likeness (QED) is 0.862. The van der Waals surface area contributed by atoms with Crippen LogP contribution >= 0.6 is 0 Å². The van der Waals surface area contributed by atoms with Gasteiger partial charge in [-0.1, -0.05) is 0 Å². The van der Waals surface area contributed by atoms with Crippen LogP contribution in [0.5, 0.6) is 0 Å². The molecule has 1 saturated carbocycles. The molecule has 1 aliphatic carbocycles. The molecule has 23 heavy (non-hydrogen) atoms. The molecule has 1 saturated heterocycles. The molecule has 5 nitrogen and oxygen atoms in total. The van der Waals surface area contributed by atoms with E-state index in [1.807, 2.05) is 0 Å². The normalized spacial score (nSPS) is 22.1. The summed E-state index contributed by atoms with van der Waals surface area (Å²) in [6.45, 7) is -0.0677. The minimum atomic E-state index is -4.47. The number of carbonyl (C=O) groups excluding carboxylic acids is 1. The fraction of sp³-hybridized carbons (Fsp3) is 0.538. The Bertz CT molecular complexity index is 609. The Morgan fingerprint density at radius 1 is 1.30 bits per heavy atom. The third kappa shape index (κ3) is 3.21. The third-order valence-corrected chi connectivity index (χ3v) is 3.74. The summed E-state index contributed by atoms with van der Waals surface area (Å²) in [6, 6.07) is 2.05. The molecule has 10 heteroatoms. The lowest BCUT2D eigenvalue weighted by atomic mass is 9.77. The lowest BCUT2D eigenvalue weighted by molar-refractivity contribution is -0.188. The Kier molecular flexibility index (Phi) is 3.47. The van der Waals surface area contributed by atoms with Crippen LogP contribution < -0.4 is 5.43 Å². The van der Waals surface area contributed by atoms with Gasteiger partial charge in [-0.2, -0.15) is 13.2 Å². The van der Waals surface area contributed by atoms with E-state index in [9.17, 15) is 26.7 Å². The number of ether oxygens (including phenoxy) is 1. The van der Waals surface area contributed by atoms with Crippen LogP contribution in [0.4, 0.5) is 26.7 Å². The predicted molar refractivity (Wildman–Crippen MR) is 66.2 cm³/mol. The Morgan fingerprint density at radius 2 is 2.00 bits per heavy atom. The maximum Gasteiger partial charge on any atom is 0.425 e. The molecule has 2 aliphatic rings. The minimum Gasteiger partial charge on any atom is -0.439 e. The van der Waals surface area contributed by atoms with Crippen LogP contribution in [0.2, 0.25) is 0 Å². The number of hydrogen-bond donors (Lipinski definition) is 1. The van der Waals surface area contributed by atoms with E-state index < -0.39 is 42.2 Å². The predicted octanol–water partition coefficient (Wildman–Crippen LogP) is 2.73. The first kappa shape index (κ1) is 15.9. The van der Waals surface area contributed by atoms with Gasteiger partial charge in [-0.05, 0) is 12.1 Å². The van der Waals surface area contributed by atoms with Gasteiger partial charge in [-0.15, -0.1) is 0 Å². The van der Waals surface area contributed by atoms with Gasteiger partial charge in [-0.3, -0.25) is 4.98 Å². The molecule has 1 aromatic heterocycles. The number of amides is 1. The number of aromatic nitrogens is 1. The van der Waals surface area contributed by atoms with Gasteiger partial charge in [-0.25, -0.2) is 24.0 Å². The lowest BCUT2D eigenvalue weighted by Crippen LogP contribution is -2.55. The van der Waals surface area contributed by atoms with E-state index in [1.54, 1.807) is 0 Å². The molecule has 126 valence electrons. The number of carbonyl (C=O) groups is 1. The van der Waals surface area contributed by atoms with Gasteiger partial charge >= 0.3 is 12.3 Å². The summed E-state index contributed by atoms with van der Waals surface area (Å²) in [6.07, 6.45) is -5.62. The molecule has 1 N–H and O–H groups in total. The van der Waals surface area contributed by atoms with E-state index in [4.69, 9.17) is 4.74 Å². The van der Waals surface area contributed by atoms with E-state index in [-0.39, 0.29) is 18.8 Å². The standard InChI is InChI=1S/C13H12F5N3O2/c14-12(15)5-11(6-12)7-21(10(22)23-11)20-4-9-2-1-8(3-19-9)13(16,17)18/h1-3,20H,4-7H2. The van der Waals surface area contributed by atoms with Crippen molar-refractivity contribution >= 4 is 6.09 Å². The largest absolute Gasteiger partial charge is 0.439 e. The fourth-order valence-electron chi connectivity index (χ4n) is 2.69. The van der Waals surface area contributed by atoms with Crippen molar-refractivity contribution in [2.45, 2.75) is 37.1 Å². The number of pyridine rings is 1. The lowest BCUT2D eigenvalue weighted by Gasteiger charge is -2.41. The summed E-state index contributed by atoms with van der Waals surface area (Å²) in [5.74, 6) is -2.83. The average molecular weight is 337 g/mol. The summed E-state index contributed by atoms with van der Waals surface area (Å²) in [4.78, 5) is 15.3. The maximum atomic E-state index is 12.9. The van der Waals surface area contributed by atoms with Gasteiger partial charge in [0, 0.05) is 6.20 Å². The molecule has 0 atom stereocenters. The van der Waals surface area contributed by atoms with Crippen molar-refractivity contribution in [3.05, 3.63) is 29.6 Å². The van der Waals surface area contributed by atoms with Crippen molar-refractivity contribution in [3.63, 3.8) is 0 Å². The van der Waals surface area contributed by atoms with Gasteiger partial charge in [0.2, 0.25) is 0 Å². The second-order valence-corrected chi connectivity index (χ2v) is 5.72. The summed E-state index contributed by atoms with van der Waals surface area (Å²) >= 11 is 0. The summed E-state index contributed by atoms with van der Waals surface area (Å²) in [5, 5.41) is 1.04. The van der Waals surface area contributed by atoms with Crippen molar-refractivity contribution in [1.29, 1.82) is 0 Å². The van der Waals surface area contributed by atoms with Gasteiger partial charge in [0.1, 0.15) is 5.60 Å². The molecular formula is C13H12F5N3O2. The highest BCUT2D eigenvalue weighted by Crippen LogP contribution is 2.50. The number of halogens is 5. The van der Waals surface area contributed by atoms with Crippen molar-refractivity contribution < 1.29 is 31.5 Å². The first-order valence-electron chi connectivity index (χ1n) is 6.73. The summed E-state index contributed by atoms with van der Waals surface area (Å²) < 4.78 is 68.1. The van der Waals surface area contributed by atoms with Crippen LogP contribution in [0.25, 0.3) is 0 Å². The van der Waals surface area contributed by atoms with Crippen molar-refractivity contribution in [3.8, 4) is 0 Å². The van der Waals surface area contributed by atoms with E-state index >= 15 is 0 Å². The monoisotopic (exact) mass is 337 g/mol. The smallest absolute Gasteiger partial charge is 0.425 e. The zero-order chi connectivity index (χ0) is 16.9. The summed E-state index contributed by atoms with van der Waals surface area (Å²) in [5.41, 5.74) is 0.839. The third-order valence-electron chi connectivity index (χ3n) is 3.74. The van der Waals surface area contributed by atoms with Crippen molar-refractivity contribution in [2.24, 2.45) is 0 Å². The van der Waals surface area contributed by atoms with E-state index in [0.717, 1.165) is 11.1 Å². The van der Waals surface area contributed by atoms with Crippen LogP contribution in [0.3, 0.4) is 0 Å². The number of hydrogen-bond acceptors (Lipinski definition) is 4. The SMILES string of the molecule is O=C1OC2(CN1NCc1ccc(C(F)(F)F)cn1)CC(F)(F)C2. The van der Waals surface area contributed by atoms with Crippen LogP contribution in [-0.2, 0) is 17.5 Å². The van der Waals surface area contributed by atoms with E-state index in [0.29, 0.717) is 6.20 Å². The number of hydrazine groups is 1. The Hall–Kier alpha value is -1.97. The summed E-state index contributed by atoms with van der Waals surface area (Å²) in [7, 11) is 0. The number of rotatable bonds is 3. The van der Waals surface area contributed by atoms with Gasteiger partial charge in [0.05, 0.1) is 37.2 Å². The molecular weight excluding hydrogens is 325 g/mol. The Labute approximate surface area is 127 Å². The highest BCUT2D eigenvalue weighted by Gasteiger charge is 2.63. The van der Waals surface area contributed by atoms with Gasteiger partial charge < -0.3 is 4.74 Å². The topological polar surface area (TPSA) is 54.5 Å². The average Bonchev–Trinajstić information content (AvgIpc) is 2.71. The molecule has 2 heterocycles. The van der Waals surface area contributed by atoms with Crippen molar-refractivity contribution in [1.82, 2.24) is 15.4 Å². The number of nitrogens with zero attached hydrogens (tertiary/aromatic N) is 2. The first-order valence-corrected chi connectivity index (χ1v) is 6.73. The fourth-order valence-corrected chi connectivity index (χ4v) is 2.69. The number of nitrogens with one attached hydrogen (secondary N) is 1. The molecule has 1 aliphatic heterocycles. The van der Waals surface area contributed by atoms with E-state index in [1.165, 1.54) is 6.07 Å². The Morgan fingerprint density at radius 3 is 2.52 bits per heavy atom. The second-order valence-electron chi connectivity index (χ2n) is 5.72. The van der Waals surface area contributed by atoms with Crippen LogP contribution in [0, 0.1) is 0 Å². The maximum absolute atomic E-state index is 12.9. The Balaban J connectivity index is 1.56. The second kappa shape index (κ2) is 5.02. The minimum absolute atomic E-state index is 0.0281. The van der Waals surface area contributed by atoms with Crippen molar-refractivity contribution in [2.75, 3.05) is 6.54 Å². The molecule has 1 aromatic rings. The van der Waals surface area contributed by atoms with Crippen LogP contribution in [-0.4, -0.2) is 34.2 Å². The molecule has 0 unspecified atom stereocenters. The molecule has 1 spiro atoms. The molecule has 0 bridgehead atoms. The van der Waals surface area contributed by atoms with Gasteiger partial charge in [0.25, 0.3) is 5.92 Å². The van der Waals surface area contributed by atoms with Crippen LogP contribution in [0.15, 0.2) is 18.3 Å². The zero-order valence-corrected chi connectivity index (χ0v) is 11.7. The zero-order valence-electron chi connectivity index (χ0n) is 11.7. The number of alkyl halides is 5. The highest BCUT2D eigenvalue weighted by molar-refractivity contribution is 5.70. The first-order chi connectivity index (χ1) is 10.6. The van der Waals surface area contributed by atoms with E-state index in [2.05, 4.69) is 10.4 Å². The molecule has 1 amide bonds.